The number of aromatic nitrogens is 2. The molecule has 5 aromatic carbocycles. The fraction of sp³-hybridized carbons (Fsp3) is 0.111. The van der Waals surface area contributed by atoms with Gasteiger partial charge in [0.1, 0.15) is 0 Å². The predicted octanol–water partition coefficient (Wildman–Crippen LogP) is 11.8. The molecule has 0 atom stereocenters. The van der Waals surface area contributed by atoms with Crippen LogP contribution in [0.25, 0.3) is 57.2 Å². The molecule has 0 fully saturated rings. The molecule has 0 spiro atoms. The SMILES string of the molecule is Cc1[c-]cc(/C=C/c2ccc(C)cc2)cc1.Cc1cnc2c(ccc3cc(-c4ccc(/C=C/c5ccc(C)c(C)c5)cc4)cnc32)c1.[Y].[Y]. The van der Waals surface area contributed by atoms with Crippen molar-refractivity contribution in [3.05, 3.63) is 178 Å². The summed E-state index contributed by atoms with van der Waals surface area (Å²) in [6.45, 7) is 10.5. The van der Waals surface area contributed by atoms with Gasteiger partial charge in [-0.15, -0.1) is 11.6 Å². The molecule has 0 bridgehead atoms. The molecule has 2 radical (unpaired) electrons. The second-order valence-corrected chi connectivity index (χ2v) is 12.3. The second kappa shape index (κ2) is 18.0. The molecule has 0 saturated carbocycles. The van der Waals surface area contributed by atoms with Crippen molar-refractivity contribution in [2.75, 3.05) is 0 Å². The van der Waals surface area contributed by atoms with Gasteiger partial charge in [0.15, 0.2) is 0 Å². The Hall–Kier alpha value is -3.39. The van der Waals surface area contributed by atoms with E-state index in [9.17, 15) is 0 Å². The van der Waals surface area contributed by atoms with Crippen molar-refractivity contribution in [1.29, 1.82) is 0 Å². The first-order valence-electron chi connectivity index (χ1n) is 16.0. The molecule has 0 amide bonds. The summed E-state index contributed by atoms with van der Waals surface area (Å²) in [5, 5.41) is 2.24. The molecular formula is C45H39N2Y2-. The van der Waals surface area contributed by atoms with E-state index in [-0.39, 0.29) is 65.4 Å². The van der Waals surface area contributed by atoms with Crippen LogP contribution in [0.15, 0.2) is 122 Å². The monoisotopic (exact) mass is 785 g/mol. The van der Waals surface area contributed by atoms with Crippen LogP contribution in [0.5, 0.6) is 0 Å². The van der Waals surface area contributed by atoms with Crippen molar-refractivity contribution in [3.8, 4) is 11.1 Å². The van der Waals surface area contributed by atoms with Crippen LogP contribution >= 0.6 is 0 Å². The van der Waals surface area contributed by atoms with Gasteiger partial charge < -0.3 is 0 Å². The van der Waals surface area contributed by atoms with E-state index in [0.29, 0.717) is 0 Å². The molecule has 0 unspecified atom stereocenters. The van der Waals surface area contributed by atoms with Crippen LogP contribution in [0.4, 0.5) is 0 Å². The minimum Gasteiger partial charge on any atom is -0.254 e. The largest absolute Gasteiger partial charge is 0.254 e. The second-order valence-electron chi connectivity index (χ2n) is 12.3. The predicted molar refractivity (Wildman–Crippen MR) is 202 cm³/mol. The Morgan fingerprint density at radius 3 is 1.63 bits per heavy atom. The van der Waals surface area contributed by atoms with Gasteiger partial charge in [-0.25, -0.2) is 0 Å². The zero-order valence-corrected chi connectivity index (χ0v) is 34.6. The number of benzene rings is 5. The molecule has 7 rings (SSSR count). The molecule has 7 aromatic rings. The summed E-state index contributed by atoms with van der Waals surface area (Å²) in [6.07, 6.45) is 12.4. The van der Waals surface area contributed by atoms with Crippen LogP contribution in [0, 0.1) is 40.7 Å². The normalized spacial score (nSPS) is 10.9. The smallest absolute Gasteiger partial charge is 0.0964 e. The van der Waals surface area contributed by atoms with Crippen LogP contribution in [-0.2, 0) is 65.4 Å². The molecule has 4 heteroatoms. The summed E-state index contributed by atoms with van der Waals surface area (Å²) in [4.78, 5) is 9.36. The van der Waals surface area contributed by atoms with Crippen molar-refractivity contribution in [2.45, 2.75) is 34.6 Å². The van der Waals surface area contributed by atoms with E-state index in [1.807, 2.05) is 25.4 Å². The van der Waals surface area contributed by atoms with Gasteiger partial charge in [-0.05, 0) is 78.8 Å². The van der Waals surface area contributed by atoms with Gasteiger partial charge in [-0.3, -0.25) is 9.97 Å². The van der Waals surface area contributed by atoms with Gasteiger partial charge in [0.25, 0.3) is 0 Å². The number of hydrogen-bond acceptors (Lipinski definition) is 2. The first-order valence-corrected chi connectivity index (χ1v) is 16.0. The Balaban J connectivity index is 0.000000256. The summed E-state index contributed by atoms with van der Waals surface area (Å²) in [6, 6.07) is 41.7. The molecule has 0 aliphatic carbocycles. The summed E-state index contributed by atoms with van der Waals surface area (Å²) >= 11 is 0. The fourth-order valence-electron chi connectivity index (χ4n) is 5.40. The Kier molecular flexibility index (Phi) is 14.1. The number of fused-ring (bicyclic) bond motifs is 3. The van der Waals surface area contributed by atoms with E-state index in [1.54, 1.807) is 0 Å². The van der Waals surface area contributed by atoms with Gasteiger partial charge in [0.05, 0.1) is 11.0 Å². The maximum absolute atomic E-state index is 4.75. The standard InChI is InChI=1S/C29H24N2.C16H15.2Y/c1-19-14-25-12-13-26-16-27(18-31-29(26)28(25)30-17-19)24-10-8-22(9-11-24)6-7-23-5-4-20(2)21(3)15-23;1-13-3-7-15(8-4-13)11-12-16-9-5-14(2)6-10-16;;/h4-18H,1-3H3;3-5,7-12H,1-2H3;;/q;-1;;/b7-6+;12-11+;;. The van der Waals surface area contributed by atoms with Gasteiger partial charge in [-0.2, -0.15) is 29.8 Å². The summed E-state index contributed by atoms with van der Waals surface area (Å²) < 4.78 is 0. The average molecular weight is 786 g/mol. The molecule has 0 aliphatic rings. The number of aryl methyl sites for hydroxylation is 5. The third kappa shape index (κ3) is 10.3. The van der Waals surface area contributed by atoms with Gasteiger partial charge >= 0.3 is 0 Å². The van der Waals surface area contributed by atoms with E-state index in [2.05, 4.69) is 166 Å². The van der Waals surface area contributed by atoms with E-state index < -0.39 is 0 Å². The molecule has 2 heterocycles. The molecular weight excluding hydrogens is 746 g/mol. The third-order valence-electron chi connectivity index (χ3n) is 8.42. The minimum atomic E-state index is 0. The zero-order chi connectivity index (χ0) is 32.8. The van der Waals surface area contributed by atoms with Crippen LogP contribution in [0.3, 0.4) is 0 Å². The number of rotatable bonds is 5. The van der Waals surface area contributed by atoms with E-state index >= 15 is 0 Å². The summed E-state index contributed by atoms with van der Waals surface area (Å²) in [5.41, 5.74) is 15.3. The summed E-state index contributed by atoms with van der Waals surface area (Å²) in [5.74, 6) is 0. The van der Waals surface area contributed by atoms with Crippen LogP contribution < -0.4 is 0 Å². The maximum atomic E-state index is 4.75. The Labute approximate surface area is 341 Å². The zero-order valence-electron chi connectivity index (χ0n) is 28.9. The van der Waals surface area contributed by atoms with Crippen molar-refractivity contribution < 1.29 is 65.4 Å². The Bertz CT molecular complexity index is 2170. The topological polar surface area (TPSA) is 25.8 Å². The first-order chi connectivity index (χ1) is 22.8. The van der Waals surface area contributed by atoms with Gasteiger partial charge in [-0.1, -0.05) is 110 Å². The van der Waals surface area contributed by atoms with Crippen LogP contribution in [-0.4, -0.2) is 9.97 Å². The molecule has 0 N–H and O–H groups in total. The number of pyridine rings is 2. The average Bonchev–Trinajstić information content (AvgIpc) is 3.09. The molecule has 236 valence electrons. The first kappa shape index (κ1) is 38.4. The number of hydrogen-bond donors (Lipinski definition) is 0. The Morgan fingerprint density at radius 1 is 0.449 bits per heavy atom. The molecule has 49 heavy (non-hydrogen) atoms. The van der Waals surface area contributed by atoms with Crippen molar-refractivity contribution >= 4 is 46.1 Å². The molecule has 0 saturated heterocycles. The summed E-state index contributed by atoms with van der Waals surface area (Å²) in [7, 11) is 0. The third-order valence-corrected chi connectivity index (χ3v) is 8.42. The van der Waals surface area contributed by atoms with Gasteiger partial charge in [0.2, 0.25) is 0 Å². The Morgan fingerprint density at radius 2 is 1.00 bits per heavy atom. The van der Waals surface area contributed by atoms with Crippen LogP contribution in [0.1, 0.15) is 50.1 Å². The molecule has 2 aromatic heterocycles. The minimum absolute atomic E-state index is 0. The van der Waals surface area contributed by atoms with Crippen LogP contribution in [0.2, 0.25) is 0 Å². The molecule has 2 nitrogen and oxygen atoms in total. The van der Waals surface area contributed by atoms with E-state index in [4.69, 9.17) is 4.98 Å². The maximum Gasteiger partial charge on any atom is 0.0964 e. The van der Waals surface area contributed by atoms with Gasteiger partial charge in [0, 0.05) is 94.1 Å². The van der Waals surface area contributed by atoms with Crippen molar-refractivity contribution in [3.63, 3.8) is 0 Å². The van der Waals surface area contributed by atoms with E-state index in [1.165, 1.54) is 44.5 Å². The van der Waals surface area contributed by atoms with Crippen molar-refractivity contribution in [2.24, 2.45) is 0 Å². The fourth-order valence-corrected chi connectivity index (χ4v) is 5.40. The van der Waals surface area contributed by atoms with E-state index in [0.717, 1.165) is 38.5 Å². The quantitative estimate of drug-likeness (QED) is 0.0987. The molecule has 0 aliphatic heterocycles. The number of nitrogens with zero attached hydrogens (tertiary/aromatic N) is 2. The van der Waals surface area contributed by atoms with Crippen molar-refractivity contribution in [1.82, 2.24) is 9.97 Å².